The van der Waals surface area contributed by atoms with E-state index in [9.17, 15) is 21.0 Å². The lowest BCUT2D eigenvalue weighted by Crippen LogP contribution is -2.04. The summed E-state index contributed by atoms with van der Waals surface area (Å²) in [6, 6.07) is 96.4. The minimum atomic E-state index is 0.488. The molecule has 0 amide bonds. The van der Waals surface area contributed by atoms with E-state index in [0.29, 0.717) is 45.4 Å². The predicted octanol–water partition coefficient (Wildman–Crippen LogP) is 18.3. The molecule has 0 aliphatic carbocycles. The third kappa shape index (κ3) is 9.22. The quantitative estimate of drug-likeness (QED) is 0.131. The molecule has 0 bridgehead atoms. The van der Waals surface area contributed by atoms with Gasteiger partial charge in [-0.3, -0.25) is 4.98 Å². The van der Waals surface area contributed by atoms with E-state index in [-0.39, 0.29) is 0 Å². The lowest BCUT2D eigenvalue weighted by atomic mass is 9.99. The number of fused-ring (bicyclic) bond motifs is 6. The van der Waals surface area contributed by atoms with Crippen LogP contribution in [0.3, 0.4) is 0 Å². The Morgan fingerprint density at radius 3 is 0.932 bits per heavy atom. The molecule has 15 rings (SSSR count). The van der Waals surface area contributed by atoms with Gasteiger partial charge in [-0.15, -0.1) is 0 Å². The number of hydrogen-bond acceptors (Lipinski definition) is 8. The van der Waals surface area contributed by atoms with Crippen LogP contribution < -0.4 is 0 Å². The second-order valence-corrected chi connectivity index (χ2v) is 21.5. The molecule has 0 saturated heterocycles. The summed E-state index contributed by atoms with van der Waals surface area (Å²) in [5, 5.41) is 42.9. The average molecular weight is 1120 g/mol. The molecule has 4 aromatic heterocycles. The zero-order valence-corrected chi connectivity index (χ0v) is 46.9. The highest BCUT2D eigenvalue weighted by atomic mass is 15.0. The Bertz CT molecular complexity index is 5160. The van der Waals surface area contributed by atoms with Gasteiger partial charge < -0.3 is 9.13 Å². The van der Waals surface area contributed by atoms with Crippen molar-refractivity contribution in [1.29, 1.82) is 21.0 Å². The third-order valence-electron chi connectivity index (χ3n) is 16.4. The molecule has 0 N–H and O–H groups in total. The first-order valence-corrected chi connectivity index (χ1v) is 28.6. The van der Waals surface area contributed by atoms with Crippen molar-refractivity contribution in [1.82, 2.24) is 29.1 Å². The molecule has 0 aliphatic rings. The van der Waals surface area contributed by atoms with Crippen LogP contribution in [0.15, 0.2) is 267 Å². The van der Waals surface area contributed by atoms with Crippen molar-refractivity contribution < 1.29 is 0 Å². The molecule has 406 valence electrons. The number of benzene rings is 11. The van der Waals surface area contributed by atoms with Crippen LogP contribution in [0.2, 0.25) is 0 Å². The van der Waals surface area contributed by atoms with Gasteiger partial charge in [-0.05, 0) is 172 Å². The van der Waals surface area contributed by atoms with Crippen molar-refractivity contribution in [3.63, 3.8) is 0 Å². The number of aromatic nitrogens is 6. The van der Waals surface area contributed by atoms with Gasteiger partial charge in [0.05, 0.1) is 85.7 Å². The van der Waals surface area contributed by atoms with E-state index in [1.807, 2.05) is 170 Å². The Morgan fingerprint density at radius 2 is 0.580 bits per heavy atom. The van der Waals surface area contributed by atoms with Gasteiger partial charge in [-0.1, -0.05) is 133 Å². The van der Waals surface area contributed by atoms with Crippen LogP contribution in [0.4, 0.5) is 0 Å². The highest BCUT2D eigenvalue weighted by molar-refractivity contribution is 6.14. The van der Waals surface area contributed by atoms with Crippen molar-refractivity contribution >= 4 is 43.6 Å². The van der Waals surface area contributed by atoms with Crippen molar-refractivity contribution in [2.24, 2.45) is 0 Å². The zero-order valence-electron chi connectivity index (χ0n) is 46.9. The molecular weight excluding hydrogens is 1080 g/mol. The second kappa shape index (κ2) is 21.7. The van der Waals surface area contributed by atoms with E-state index < -0.39 is 0 Å². The topological polar surface area (TPSA) is 157 Å². The van der Waals surface area contributed by atoms with Crippen molar-refractivity contribution in [3.05, 3.63) is 289 Å². The van der Waals surface area contributed by atoms with E-state index in [1.54, 1.807) is 0 Å². The fraction of sp³-hybridized carbons (Fsp3) is 0. The van der Waals surface area contributed by atoms with Crippen LogP contribution in [0.1, 0.15) is 22.3 Å². The molecule has 88 heavy (non-hydrogen) atoms. The highest BCUT2D eigenvalue weighted by Crippen LogP contribution is 2.44. The molecule has 0 saturated carbocycles. The summed E-state index contributed by atoms with van der Waals surface area (Å²) >= 11 is 0. The van der Waals surface area contributed by atoms with Gasteiger partial charge in [0.1, 0.15) is 0 Å². The molecule has 4 heterocycles. The van der Waals surface area contributed by atoms with Gasteiger partial charge in [-0.25, -0.2) is 15.0 Å². The summed E-state index contributed by atoms with van der Waals surface area (Å²) in [5.74, 6) is 1.57. The van der Waals surface area contributed by atoms with Crippen molar-refractivity contribution in [2.45, 2.75) is 0 Å². The summed E-state index contributed by atoms with van der Waals surface area (Å²) in [5.41, 5.74) is 19.7. The molecule has 15 aromatic rings. The van der Waals surface area contributed by atoms with Gasteiger partial charge in [0.25, 0.3) is 0 Å². The smallest absolute Gasteiger partial charge is 0.164 e. The normalized spacial score (nSPS) is 11.1. The van der Waals surface area contributed by atoms with E-state index in [4.69, 9.17) is 19.9 Å². The Hall–Kier alpha value is -12.9. The summed E-state index contributed by atoms with van der Waals surface area (Å²) in [4.78, 5) is 21.0. The molecule has 0 radical (unpaired) electrons. The van der Waals surface area contributed by atoms with Gasteiger partial charge in [0.2, 0.25) is 0 Å². The lowest BCUT2D eigenvalue weighted by molar-refractivity contribution is 1.07. The number of rotatable bonds is 10. The number of pyridine rings is 1. The molecule has 10 nitrogen and oxygen atoms in total. The molecule has 0 unspecified atom stereocenters. The fourth-order valence-corrected chi connectivity index (χ4v) is 12.0. The molecule has 10 heteroatoms. The fourth-order valence-electron chi connectivity index (χ4n) is 12.0. The van der Waals surface area contributed by atoms with Crippen LogP contribution in [-0.2, 0) is 0 Å². The Morgan fingerprint density at radius 1 is 0.261 bits per heavy atom. The maximum absolute atomic E-state index is 9.72. The van der Waals surface area contributed by atoms with Crippen LogP contribution in [0, 0.1) is 45.3 Å². The number of nitrogens with zero attached hydrogens (tertiary/aromatic N) is 10. The first-order valence-electron chi connectivity index (χ1n) is 28.6. The maximum Gasteiger partial charge on any atom is 0.164 e. The minimum Gasteiger partial charge on any atom is -0.309 e. The van der Waals surface area contributed by atoms with Gasteiger partial charge in [0.15, 0.2) is 17.5 Å². The van der Waals surface area contributed by atoms with E-state index in [2.05, 4.69) is 130 Å². The van der Waals surface area contributed by atoms with Gasteiger partial charge in [-0.2, -0.15) is 21.0 Å². The van der Waals surface area contributed by atoms with E-state index >= 15 is 0 Å². The summed E-state index contributed by atoms with van der Waals surface area (Å²) in [7, 11) is 0. The average Bonchev–Trinajstić information content (AvgIpc) is 1.59. The minimum absolute atomic E-state index is 0.488. The third-order valence-corrected chi connectivity index (χ3v) is 16.4. The summed E-state index contributed by atoms with van der Waals surface area (Å²) < 4.78 is 4.63. The first kappa shape index (κ1) is 52.0. The SMILES string of the molecule is N#Cc1ccc(-c2ccc3c(c2)c2cc(-c4ccc(C#N)cc4)ccc2n3-c2ccc(-c3nc(-c4ccccc4)nc(-c4ccccc4)n3)cc2-c2ncccc2-n2c3ccc(-c4ccc(C#N)cc4)cc3c3cc(-c4ccc(C#N)cc4)ccc32)cc1. The van der Waals surface area contributed by atoms with E-state index in [1.165, 1.54) is 0 Å². The van der Waals surface area contributed by atoms with Crippen molar-refractivity contribution in [2.75, 3.05) is 0 Å². The Balaban J connectivity index is 1.01. The summed E-state index contributed by atoms with van der Waals surface area (Å²) in [6.07, 6.45) is 1.85. The first-order chi connectivity index (χ1) is 43.4. The monoisotopic (exact) mass is 1120 g/mol. The zero-order chi connectivity index (χ0) is 59.2. The molecule has 0 atom stereocenters. The predicted molar refractivity (Wildman–Crippen MR) is 349 cm³/mol. The number of hydrogen-bond donors (Lipinski definition) is 0. The van der Waals surface area contributed by atoms with Gasteiger partial charge >= 0.3 is 0 Å². The summed E-state index contributed by atoms with van der Waals surface area (Å²) in [6.45, 7) is 0. The lowest BCUT2D eigenvalue weighted by Gasteiger charge is -2.19. The Labute approximate surface area is 505 Å². The van der Waals surface area contributed by atoms with Crippen LogP contribution in [-0.4, -0.2) is 29.1 Å². The van der Waals surface area contributed by atoms with Crippen LogP contribution in [0.25, 0.3) is 145 Å². The molecule has 0 aliphatic heterocycles. The molecular formula is C78H44N10. The largest absolute Gasteiger partial charge is 0.309 e. The van der Waals surface area contributed by atoms with Gasteiger partial charge in [0, 0.05) is 50.0 Å². The number of nitriles is 4. The van der Waals surface area contributed by atoms with E-state index in [0.717, 1.165) is 122 Å². The highest BCUT2D eigenvalue weighted by Gasteiger charge is 2.25. The molecule has 0 spiro atoms. The van der Waals surface area contributed by atoms with Crippen molar-refractivity contribution in [3.8, 4) is 126 Å². The Kier molecular flexibility index (Phi) is 12.8. The second-order valence-electron chi connectivity index (χ2n) is 21.5. The maximum atomic E-state index is 9.72. The standard InChI is InChI=1S/C78H44N10/c79-45-49-13-21-53(22-14-49)59-29-34-69-64(40-59)65-41-60(54-23-15-50(46-80)16-24-54)30-35-70(65)87(69)73-38-33-63(78-85-76(57-8-3-1-4-9-57)84-77(86-78)58-10-5-2-6-11-58)44-68(73)75-74(12-7-39-83-75)88-71-36-31-61(55-25-17-51(47-81)18-26-55)42-66(71)67-43-62(32-37-72(67)88)56-27-19-52(48-82)20-28-56/h1-44H. The van der Waals surface area contributed by atoms with Crippen LogP contribution >= 0.6 is 0 Å². The van der Waals surface area contributed by atoms with Crippen LogP contribution in [0.5, 0.6) is 0 Å². The molecule has 11 aromatic carbocycles. The molecule has 0 fully saturated rings.